The Balaban J connectivity index is 1.52. The molecule has 0 saturated carbocycles. The minimum Gasteiger partial charge on any atom is -0.489 e. The van der Waals surface area contributed by atoms with Gasteiger partial charge in [0.25, 0.3) is 5.56 Å². The third kappa shape index (κ3) is 4.59. The van der Waals surface area contributed by atoms with Crippen molar-refractivity contribution in [2.24, 2.45) is 0 Å². The van der Waals surface area contributed by atoms with E-state index in [0.29, 0.717) is 10.9 Å². The first-order valence-corrected chi connectivity index (χ1v) is 8.83. The van der Waals surface area contributed by atoms with Gasteiger partial charge in [0.15, 0.2) is 16.3 Å². The number of para-hydroxylation sites is 2. The highest BCUT2D eigenvalue weighted by molar-refractivity contribution is 7.71. The van der Waals surface area contributed by atoms with Gasteiger partial charge in [-0.05, 0) is 36.5 Å². The number of H-pyrrole nitrogens is 1. The summed E-state index contributed by atoms with van der Waals surface area (Å²) in [5.41, 5.74) is 0.434. The average Bonchev–Trinajstić information content (AvgIpc) is 2.66. The second kappa shape index (κ2) is 8.59. The Bertz CT molecular complexity index is 1080. The summed E-state index contributed by atoms with van der Waals surface area (Å²) in [4.78, 5) is 27.5. The molecule has 3 rings (SSSR count). The zero-order chi connectivity index (χ0) is 19.2. The van der Waals surface area contributed by atoms with Gasteiger partial charge in [-0.1, -0.05) is 24.3 Å². The lowest BCUT2D eigenvalue weighted by atomic mass is 10.2. The summed E-state index contributed by atoms with van der Waals surface area (Å²) < 4.78 is 20.3. The van der Waals surface area contributed by atoms with E-state index in [9.17, 15) is 14.0 Å². The third-order valence-corrected chi connectivity index (χ3v) is 4.29. The Hall–Kier alpha value is -3.00. The van der Waals surface area contributed by atoms with Crippen molar-refractivity contribution < 1.29 is 13.9 Å². The number of halogens is 1. The van der Waals surface area contributed by atoms with E-state index in [1.165, 1.54) is 16.7 Å². The van der Waals surface area contributed by atoms with E-state index >= 15 is 0 Å². The number of carbonyl (C=O) groups is 1. The normalized spacial score (nSPS) is 10.7. The van der Waals surface area contributed by atoms with E-state index < -0.39 is 5.82 Å². The minimum absolute atomic E-state index is 0.0927. The maximum Gasteiger partial charge on any atom is 0.262 e. The van der Waals surface area contributed by atoms with E-state index in [-0.39, 0.29) is 48.1 Å². The molecule has 140 valence electrons. The molecule has 0 aliphatic carbocycles. The number of nitrogens with one attached hydrogen (secondary N) is 2. The van der Waals surface area contributed by atoms with Gasteiger partial charge in [0.05, 0.1) is 17.4 Å². The van der Waals surface area contributed by atoms with E-state index in [2.05, 4.69) is 10.3 Å². The van der Waals surface area contributed by atoms with E-state index in [1.807, 2.05) is 6.07 Å². The van der Waals surface area contributed by atoms with Gasteiger partial charge in [-0.2, -0.15) is 0 Å². The van der Waals surface area contributed by atoms with Crippen LogP contribution >= 0.6 is 12.2 Å². The molecule has 0 bridgehead atoms. The molecular weight excluding hydrogens is 369 g/mol. The van der Waals surface area contributed by atoms with Crippen LogP contribution in [-0.2, 0) is 11.3 Å². The smallest absolute Gasteiger partial charge is 0.262 e. The predicted octanol–water partition coefficient (Wildman–Crippen LogP) is 2.78. The van der Waals surface area contributed by atoms with E-state index in [1.54, 1.807) is 30.3 Å². The predicted molar refractivity (Wildman–Crippen MR) is 103 cm³/mol. The summed E-state index contributed by atoms with van der Waals surface area (Å²) in [6.07, 6.45) is 0.0927. The highest BCUT2D eigenvalue weighted by atomic mass is 32.1. The van der Waals surface area contributed by atoms with Crippen LogP contribution in [0.5, 0.6) is 5.75 Å². The van der Waals surface area contributed by atoms with Crippen molar-refractivity contribution in [3.05, 3.63) is 69.5 Å². The summed E-state index contributed by atoms with van der Waals surface area (Å²) in [5.74, 6) is -0.559. The molecule has 0 unspecified atom stereocenters. The third-order valence-electron chi connectivity index (χ3n) is 3.97. The largest absolute Gasteiger partial charge is 0.489 e. The fourth-order valence-electron chi connectivity index (χ4n) is 2.62. The summed E-state index contributed by atoms with van der Waals surface area (Å²) >= 11 is 5.21. The number of aromatic amines is 1. The fraction of sp³-hybridized carbons (Fsp3) is 0.211. The molecule has 27 heavy (non-hydrogen) atoms. The van der Waals surface area contributed by atoms with Crippen LogP contribution in [0.2, 0.25) is 0 Å². The summed E-state index contributed by atoms with van der Waals surface area (Å²) in [7, 11) is 0. The zero-order valence-corrected chi connectivity index (χ0v) is 15.2. The quantitative estimate of drug-likeness (QED) is 0.483. The lowest BCUT2D eigenvalue weighted by molar-refractivity contribution is -0.121. The maximum absolute atomic E-state index is 13.4. The van der Waals surface area contributed by atoms with Crippen LogP contribution in [0.3, 0.4) is 0 Å². The summed E-state index contributed by atoms with van der Waals surface area (Å²) in [6, 6.07) is 13.1. The second-order valence-electron chi connectivity index (χ2n) is 5.81. The first-order chi connectivity index (χ1) is 13.1. The van der Waals surface area contributed by atoms with Gasteiger partial charge < -0.3 is 15.0 Å². The van der Waals surface area contributed by atoms with Crippen molar-refractivity contribution in [3.63, 3.8) is 0 Å². The van der Waals surface area contributed by atoms with Crippen LogP contribution in [0.25, 0.3) is 10.9 Å². The number of carbonyl (C=O) groups excluding carboxylic acids is 1. The number of fused-ring (bicyclic) bond motifs is 1. The molecule has 0 aliphatic heterocycles. The Morgan fingerprint density at radius 2 is 1.93 bits per heavy atom. The monoisotopic (exact) mass is 387 g/mol. The number of hydrogen-bond donors (Lipinski definition) is 2. The lowest BCUT2D eigenvalue weighted by Gasteiger charge is -2.10. The molecule has 6 nitrogen and oxygen atoms in total. The highest BCUT2D eigenvalue weighted by Gasteiger charge is 2.08. The highest BCUT2D eigenvalue weighted by Crippen LogP contribution is 2.14. The minimum atomic E-state index is -0.450. The number of hydrogen-bond acceptors (Lipinski definition) is 4. The van der Waals surface area contributed by atoms with Gasteiger partial charge in [-0.3, -0.25) is 14.2 Å². The van der Waals surface area contributed by atoms with Crippen molar-refractivity contribution >= 4 is 29.0 Å². The molecule has 0 spiro atoms. The molecule has 1 heterocycles. The van der Waals surface area contributed by atoms with Crippen LogP contribution in [0.15, 0.2) is 53.3 Å². The van der Waals surface area contributed by atoms with Gasteiger partial charge >= 0.3 is 0 Å². The molecule has 0 fully saturated rings. The Kier molecular flexibility index (Phi) is 5.97. The lowest BCUT2D eigenvalue weighted by Crippen LogP contribution is -2.30. The number of nitrogens with zero attached hydrogens (tertiary/aromatic N) is 1. The molecular formula is C19H18FN3O3S. The van der Waals surface area contributed by atoms with Crippen LogP contribution in [0.4, 0.5) is 4.39 Å². The van der Waals surface area contributed by atoms with Crippen molar-refractivity contribution in [3.8, 4) is 5.75 Å². The van der Waals surface area contributed by atoms with Gasteiger partial charge in [0, 0.05) is 13.0 Å². The molecule has 2 N–H and O–H groups in total. The molecule has 2 aromatic carbocycles. The topological polar surface area (TPSA) is 76.1 Å². The van der Waals surface area contributed by atoms with E-state index in [4.69, 9.17) is 17.0 Å². The molecule has 0 atom stereocenters. The number of amides is 1. The summed E-state index contributed by atoms with van der Waals surface area (Å²) in [5, 5.41) is 3.19. The number of ether oxygens (including phenoxy) is 1. The maximum atomic E-state index is 13.4. The second-order valence-corrected chi connectivity index (χ2v) is 6.20. The van der Waals surface area contributed by atoms with Crippen LogP contribution < -0.4 is 15.6 Å². The molecule has 1 amide bonds. The molecule has 8 heteroatoms. The summed E-state index contributed by atoms with van der Waals surface area (Å²) in [6.45, 7) is 0.536. The van der Waals surface area contributed by atoms with Crippen LogP contribution in [-0.4, -0.2) is 28.6 Å². The molecule has 3 aromatic rings. The number of rotatable bonds is 7. The zero-order valence-electron chi connectivity index (χ0n) is 14.4. The van der Waals surface area contributed by atoms with Crippen LogP contribution in [0, 0.1) is 10.6 Å². The van der Waals surface area contributed by atoms with Gasteiger partial charge in [0.2, 0.25) is 5.91 Å². The van der Waals surface area contributed by atoms with Crippen molar-refractivity contribution in [1.29, 1.82) is 0 Å². The fourth-order valence-corrected chi connectivity index (χ4v) is 2.90. The Morgan fingerprint density at radius 3 is 2.74 bits per heavy atom. The standard InChI is InChI=1S/C19H18FN3O3S/c20-14-6-2-4-8-16(14)26-12-10-21-17(24)9-11-23-18(25)13-5-1-3-7-15(13)22-19(23)27/h1-8H,9-12H2,(H,21,24)(H,22,27). The van der Waals surface area contributed by atoms with Crippen molar-refractivity contribution in [2.75, 3.05) is 13.2 Å². The number of benzene rings is 2. The van der Waals surface area contributed by atoms with Crippen molar-refractivity contribution in [1.82, 2.24) is 14.9 Å². The average molecular weight is 387 g/mol. The molecule has 0 radical (unpaired) electrons. The first kappa shape index (κ1) is 18.8. The number of aromatic nitrogens is 2. The first-order valence-electron chi connectivity index (χ1n) is 8.42. The Labute approximate surface area is 159 Å². The Morgan fingerprint density at radius 1 is 1.19 bits per heavy atom. The van der Waals surface area contributed by atoms with Gasteiger partial charge in [-0.15, -0.1) is 0 Å². The molecule has 0 aliphatic rings. The molecule has 0 saturated heterocycles. The SMILES string of the molecule is O=C(CCn1c(=S)[nH]c2ccccc2c1=O)NCCOc1ccccc1F. The molecule has 1 aromatic heterocycles. The van der Waals surface area contributed by atoms with E-state index in [0.717, 1.165) is 0 Å². The van der Waals surface area contributed by atoms with Crippen LogP contribution in [0.1, 0.15) is 6.42 Å². The van der Waals surface area contributed by atoms with Gasteiger partial charge in [0.1, 0.15) is 6.61 Å². The van der Waals surface area contributed by atoms with Gasteiger partial charge in [-0.25, -0.2) is 4.39 Å². The van der Waals surface area contributed by atoms with Crippen molar-refractivity contribution in [2.45, 2.75) is 13.0 Å².